The Labute approximate surface area is 252 Å². The Balaban J connectivity index is -0.000000544. The Bertz CT molecular complexity index is 965. The number of rotatable bonds is 12. The van der Waals surface area contributed by atoms with Crippen molar-refractivity contribution in [1.29, 1.82) is 0 Å². The average Bonchev–Trinajstić information content (AvgIpc) is 2.89. The van der Waals surface area contributed by atoms with E-state index in [1.807, 2.05) is 38.6 Å². The number of ether oxygens (including phenoxy) is 2. The number of para-hydroxylation sites is 2. The Morgan fingerprint density at radius 1 is 0.900 bits per heavy atom. The van der Waals surface area contributed by atoms with Crippen molar-refractivity contribution in [3.05, 3.63) is 68.3 Å². The molecule has 216 valence electrons. The van der Waals surface area contributed by atoms with Gasteiger partial charge in [0.1, 0.15) is 11.5 Å². The molecule has 0 amide bonds. The smallest absolute Gasteiger partial charge is 0.870 e. The maximum Gasteiger partial charge on any atom is 2.00 e. The van der Waals surface area contributed by atoms with Crippen LogP contribution in [0.25, 0.3) is 5.41 Å². The fraction of sp³-hybridized carbons (Fsp3) is 0.400. The van der Waals surface area contributed by atoms with E-state index in [1.54, 1.807) is 48.8 Å². The summed E-state index contributed by atoms with van der Waals surface area (Å²) in [7, 11) is 3.98. The van der Waals surface area contributed by atoms with E-state index in [0.29, 0.717) is 35.8 Å². The minimum absolute atomic E-state index is 0. The number of likely N-dealkylation sites (N-methyl/N-ethyl adjacent to an activating group) is 2. The van der Waals surface area contributed by atoms with E-state index in [9.17, 15) is 10.2 Å². The van der Waals surface area contributed by atoms with Crippen LogP contribution in [0.4, 0.5) is 0 Å². The van der Waals surface area contributed by atoms with Gasteiger partial charge in [-0.3, -0.25) is 9.98 Å². The van der Waals surface area contributed by atoms with Crippen LogP contribution in [0.5, 0.6) is 23.0 Å². The second kappa shape index (κ2) is 28.5. The van der Waals surface area contributed by atoms with Gasteiger partial charge in [0, 0.05) is 12.4 Å². The van der Waals surface area contributed by atoms with Gasteiger partial charge >= 0.3 is 19.5 Å². The summed E-state index contributed by atoms with van der Waals surface area (Å²) < 4.78 is 10.4. The Morgan fingerprint density at radius 3 is 1.50 bits per heavy atom. The summed E-state index contributed by atoms with van der Waals surface area (Å²) in [4.78, 5) is 16.6. The molecule has 0 saturated carbocycles. The third-order valence-electron chi connectivity index (χ3n) is 4.17. The number of isothiocyanates is 1. The van der Waals surface area contributed by atoms with Crippen molar-refractivity contribution >= 4 is 29.8 Å². The Morgan fingerprint density at radius 2 is 1.23 bits per heavy atom. The molecule has 0 spiro atoms. The molecule has 0 aliphatic rings. The summed E-state index contributed by atoms with van der Waals surface area (Å²) in [6.45, 7) is 8.01. The van der Waals surface area contributed by atoms with E-state index < -0.39 is 5.09 Å². The molecule has 0 aliphatic carbocycles. The monoisotopic (exact) mass is 628 g/mol. The number of aliphatic imine (C=N–C) groups is 2. The van der Waals surface area contributed by atoms with Gasteiger partial charge in [-0.05, 0) is 37.1 Å². The van der Waals surface area contributed by atoms with E-state index in [4.69, 9.17) is 30.2 Å². The minimum Gasteiger partial charge on any atom is -0.870 e. The molecule has 0 bridgehead atoms. The quantitative estimate of drug-likeness (QED) is 0.0810. The van der Waals surface area contributed by atoms with Gasteiger partial charge in [0.25, 0.3) is 0 Å². The normalized spacial score (nSPS) is 9.50. The molecule has 15 heteroatoms. The molecule has 2 aromatic rings. The number of nitrogens with two attached hydrogens (primary N) is 2. The van der Waals surface area contributed by atoms with Crippen LogP contribution >= 0.6 is 12.2 Å². The SMILES string of the molecule is CCOc1cccc(C=NCC[NH2+]C)c1[O-].CCOc1cccc(C=NCC[NH2+]C)c1[O-].O=[N+]([O-])[O-].[N-]=C=S.[Zn+2]. The van der Waals surface area contributed by atoms with Crippen LogP contribution in [0.2, 0.25) is 0 Å². The predicted octanol–water partition coefficient (Wildman–Crippen LogP) is -0.0410. The third kappa shape index (κ3) is 21.5. The van der Waals surface area contributed by atoms with Crippen LogP contribution in [0.3, 0.4) is 0 Å². The molecule has 0 fully saturated rings. The molecule has 2 rings (SSSR count). The Hall–Kier alpha value is -3.48. The predicted molar refractivity (Wildman–Crippen MR) is 151 cm³/mol. The maximum atomic E-state index is 11.8. The zero-order chi connectivity index (χ0) is 29.9. The molecule has 0 unspecified atom stereocenters. The molecule has 0 radical (unpaired) electrons. The summed E-state index contributed by atoms with van der Waals surface area (Å²) in [5.41, 5.74) is 1.17. The topological polar surface area (TPSA) is 211 Å². The zero-order valence-electron chi connectivity index (χ0n) is 23.3. The van der Waals surface area contributed by atoms with Crippen LogP contribution in [-0.2, 0) is 19.5 Å². The van der Waals surface area contributed by atoms with Crippen molar-refractivity contribution in [1.82, 2.24) is 0 Å². The van der Waals surface area contributed by atoms with Gasteiger partial charge in [-0.2, -0.15) is 5.16 Å². The van der Waals surface area contributed by atoms with Gasteiger partial charge in [0.15, 0.2) is 0 Å². The molecular weight excluding hydrogens is 594 g/mol. The van der Waals surface area contributed by atoms with Crippen LogP contribution in [-0.4, -0.2) is 76.2 Å². The van der Waals surface area contributed by atoms with Gasteiger partial charge in [-0.15, -0.1) is 0 Å². The number of hydrogen-bond donors (Lipinski definition) is 2. The molecule has 13 nitrogen and oxygen atoms in total. The van der Waals surface area contributed by atoms with Gasteiger partial charge in [-0.25, -0.2) is 0 Å². The fourth-order valence-corrected chi connectivity index (χ4v) is 2.54. The summed E-state index contributed by atoms with van der Waals surface area (Å²) in [6.07, 6.45) is 3.24. The summed E-state index contributed by atoms with van der Waals surface area (Å²) in [6, 6.07) is 10.5. The summed E-state index contributed by atoms with van der Waals surface area (Å²) in [5, 5.41) is 50.9. The summed E-state index contributed by atoms with van der Waals surface area (Å²) >= 11 is 3.70. The van der Waals surface area contributed by atoms with E-state index in [1.165, 1.54) is 5.16 Å². The van der Waals surface area contributed by atoms with Crippen molar-refractivity contribution < 1.29 is 54.9 Å². The van der Waals surface area contributed by atoms with E-state index in [0.717, 1.165) is 26.2 Å². The van der Waals surface area contributed by atoms with E-state index in [2.05, 4.69) is 22.2 Å². The molecule has 0 saturated heterocycles. The fourth-order valence-electron chi connectivity index (χ4n) is 2.54. The molecule has 0 heterocycles. The first-order chi connectivity index (χ1) is 18.7. The van der Waals surface area contributed by atoms with Crippen molar-refractivity contribution in [2.75, 3.05) is 53.5 Å². The molecule has 0 atom stereocenters. The largest absolute Gasteiger partial charge is 2.00 e. The third-order valence-corrected chi connectivity index (χ3v) is 4.17. The van der Waals surface area contributed by atoms with Gasteiger partial charge in [-0.1, -0.05) is 48.0 Å². The molecule has 2 aromatic carbocycles. The second-order valence-electron chi connectivity index (χ2n) is 6.99. The molecule has 0 aromatic heterocycles. The zero-order valence-corrected chi connectivity index (χ0v) is 27.1. The number of thiocarbonyl (C=S) groups is 1. The Kier molecular flexibility index (Phi) is 29.3. The van der Waals surface area contributed by atoms with Gasteiger partial charge in [0.05, 0.1) is 58.6 Å². The maximum absolute atomic E-state index is 11.8. The number of quaternary nitrogens is 2. The van der Waals surface area contributed by atoms with Crippen molar-refractivity contribution in [2.24, 2.45) is 9.98 Å². The van der Waals surface area contributed by atoms with E-state index in [-0.39, 0.29) is 31.0 Å². The molecule has 40 heavy (non-hydrogen) atoms. The minimum atomic E-state index is -1.75. The van der Waals surface area contributed by atoms with Gasteiger partial charge < -0.3 is 51.1 Å². The van der Waals surface area contributed by atoms with Crippen molar-refractivity contribution in [3.63, 3.8) is 0 Å². The van der Waals surface area contributed by atoms with Crippen molar-refractivity contribution in [3.8, 4) is 23.0 Å². The standard InChI is InChI=1S/2C12H18N2O2.CNS.NO3.Zn/c2*1-3-16-11-6-4-5-10(12(11)15)9-14-8-7-13-2;2-1-3;2-1(3)4;/h2*4-6,9,13,15H,3,7-8H2,1-2H3;;;/q;;2*-1;+2. The molecular formula is C25H36N6O7SZn. The first kappa shape index (κ1) is 41.0. The first-order valence-electron chi connectivity index (χ1n) is 12.0. The van der Waals surface area contributed by atoms with Crippen LogP contribution in [0.15, 0.2) is 46.4 Å². The number of hydrogen-bond acceptors (Lipinski definition) is 10. The molecule has 4 N–H and O–H groups in total. The average molecular weight is 630 g/mol. The van der Waals surface area contributed by atoms with Crippen LogP contribution < -0.4 is 30.3 Å². The van der Waals surface area contributed by atoms with Crippen molar-refractivity contribution in [2.45, 2.75) is 13.8 Å². The number of nitrogens with zero attached hydrogens (tertiary/aromatic N) is 4. The van der Waals surface area contributed by atoms with Crippen LogP contribution in [0.1, 0.15) is 25.0 Å². The van der Waals surface area contributed by atoms with Gasteiger partial charge in [0.2, 0.25) is 0 Å². The second-order valence-corrected chi connectivity index (χ2v) is 7.18. The first-order valence-corrected chi connectivity index (χ1v) is 12.4. The summed E-state index contributed by atoms with van der Waals surface area (Å²) in [5.74, 6) is 0.615. The van der Waals surface area contributed by atoms with E-state index >= 15 is 0 Å². The van der Waals surface area contributed by atoms with Crippen LogP contribution in [0, 0.1) is 15.3 Å². The molecule has 0 aliphatic heterocycles. The number of benzene rings is 2.